The first-order chi connectivity index (χ1) is 15.6. The molecular weight excluding hydrogens is 466 g/mol. The molecule has 3 aromatic rings. The number of fused-ring (bicyclic) bond motifs is 1. The van der Waals surface area contributed by atoms with Gasteiger partial charge in [-0.15, -0.1) is 0 Å². The maximum atomic E-state index is 13.0. The molecule has 1 heterocycles. The molecule has 172 valence electrons. The topological polar surface area (TPSA) is 131 Å². The van der Waals surface area contributed by atoms with Gasteiger partial charge in [-0.1, -0.05) is 18.2 Å². The Balaban J connectivity index is 1.64. The number of amides is 1. The number of carbonyl (C=O) groups is 1. The molecule has 3 N–H and O–H groups in total. The van der Waals surface area contributed by atoms with Gasteiger partial charge in [0.25, 0.3) is 20.0 Å². The highest BCUT2D eigenvalue weighted by Crippen LogP contribution is 2.30. The van der Waals surface area contributed by atoms with Crippen LogP contribution in [0.3, 0.4) is 0 Å². The van der Waals surface area contributed by atoms with E-state index < -0.39 is 20.0 Å². The molecule has 4 rings (SSSR count). The molecule has 0 aromatic heterocycles. The third kappa shape index (κ3) is 4.64. The number of carbonyl (C=O) groups excluding carboxylic acids is 1. The third-order valence-corrected chi connectivity index (χ3v) is 7.85. The van der Waals surface area contributed by atoms with E-state index in [0.29, 0.717) is 22.6 Å². The van der Waals surface area contributed by atoms with Crippen molar-refractivity contribution in [2.75, 3.05) is 21.9 Å². The van der Waals surface area contributed by atoms with Crippen LogP contribution in [-0.4, -0.2) is 29.9 Å². The Kier molecular flexibility index (Phi) is 5.76. The van der Waals surface area contributed by atoms with E-state index in [1.807, 2.05) is 0 Å². The Morgan fingerprint density at radius 2 is 1.48 bits per heavy atom. The van der Waals surface area contributed by atoms with Gasteiger partial charge in [-0.25, -0.2) is 16.8 Å². The van der Waals surface area contributed by atoms with Gasteiger partial charge in [0.1, 0.15) is 5.75 Å². The average molecular weight is 488 g/mol. The Labute approximate surface area is 191 Å². The lowest BCUT2D eigenvalue weighted by Crippen LogP contribution is -2.16. The summed E-state index contributed by atoms with van der Waals surface area (Å²) < 4.78 is 61.9. The van der Waals surface area contributed by atoms with Crippen LogP contribution in [0.2, 0.25) is 0 Å². The monoisotopic (exact) mass is 487 g/mol. The molecule has 1 aliphatic rings. The van der Waals surface area contributed by atoms with E-state index in [9.17, 15) is 21.6 Å². The van der Waals surface area contributed by atoms with Gasteiger partial charge in [0.2, 0.25) is 5.91 Å². The van der Waals surface area contributed by atoms with Crippen LogP contribution in [0.25, 0.3) is 0 Å². The lowest BCUT2D eigenvalue weighted by molar-refractivity contribution is -0.115. The normalized spacial score (nSPS) is 13.2. The molecule has 0 aliphatic carbocycles. The van der Waals surface area contributed by atoms with E-state index in [1.54, 1.807) is 31.2 Å². The van der Waals surface area contributed by atoms with E-state index in [-0.39, 0.29) is 33.5 Å². The number of ether oxygens (including phenoxy) is 1. The van der Waals surface area contributed by atoms with Crippen molar-refractivity contribution in [1.82, 2.24) is 0 Å². The molecule has 1 aliphatic heterocycles. The Bertz CT molecular complexity index is 1470. The van der Waals surface area contributed by atoms with Crippen molar-refractivity contribution >= 4 is 43.0 Å². The van der Waals surface area contributed by atoms with E-state index in [4.69, 9.17) is 4.74 Å². The molecule has 1 amide bonds. The predicted octanol–water partition coefficient (Wildman–Crippen LogP) is 3.10. The molecule has 0 bridgehead atoms. The molecule has 0 spiro atoms. The van der Waals surface area contributed by atoms with Crippen molar-refractivity contribution in [3.8, 4) is 5.75 Å². The highest BCUT2D eigenvalue weighted by Gasteiger charge is 2.23. The van der Waals surface area contributed by atoms with E-state index in [2.05, 4.69) is 14.8 Å². The Morgan fingerprint density at radius 3 is 2.21 bits per heavy atom. The smallest absolute Gasteiger partial charge is 0.262 e. The van der Waals surface area contributed by atoms with Crippen molar-refractivity contribution in [3.05, 3.63) is 71.8 Å². The fourth-order valence-electron chi connectivity index (χ4n) is 3.39. The number of rotatable bonds is 7. The zero-order chi connectivity index (χ0) is 23.8. The van der Waals surface area contributed by atoms with Crippen molar-refractivity contribution in [2.24, 2.45) is 0 Å². The standard InChI is InChI=1S/C22H21N3O6S2/c1-14-7-8-17(33(29,30)24-19-5-3-4-6-21(19)31-2)13-20(14)25-32(27,28)16-9-10-18-15(11-16)12-22(26)23-18/h3-11,13,24-25H,12H2,1-2H3,(H,23,26). The second kappa shape index (κ2) is 8.41. The van der Waals surface area contributed by atoms with Crippen LogP contribution < -0.4 is 19.5 Å². The van der Waals surface area contributed by atoms with Gasteiger partial charge in [-0.05, 0) is 60.5 Å². The van der Waals surface area contributed by atoms with Crippen LogP contribution in [0.5, 0.6) is 5.75 Å². The Morgan fingerprint density at radius 1 is 0.848 bits per heavy atom. The number of hydrogen-bond donors (Lipinski definition) is 3. The van der Waals surface area contributed by atoms with E-state index in [1.165, 1.54) is 43.5 Å². The average Bonchev–Trinajstić information content (AvgIpc) is 3.14. The molecule has 0 saturated carbocycles. The lowest BCUT2D eigenvalue weighted by atomic mass is 10.2. The first-order valence-corrected chi connectivity index (χ1v) is 12.8. The van der Waals surface area contributed by atoms with Crippen LogP contribution in [0, 0.1) is 6.92 Å². The maximum Gasteiger partial charge on any atom is 0.262 e. The summed E-state index contributed by atoms with van der Waals surface area (Å²) in [5, 5.41) is 2.65. The van der Waals surface area contributed by atoms with Crippen LogP contribution >= 0.6 is 0 Å². The Hall–Kier alpha value is -3.57. The zero-order valence-electron chi connectivity index (χ0n) is 17.7. The van der Waals surface area contributed by atoms with Crippen molar-refractivity contribution < 1.29 is 26.4 Å². The highest BCUT2D eigenvalue weighted by molar-refractivity contribution is 7.93. The molecule has 0 atom stereocenters. The number of nitrogens with one attached hydrogen (secondary N) is 3. The molecular formula is C22H21N3O6S2. The van der Waals surface area contributed by atoms with Crippen molar-refractivity contribution in [3.63, 3.8) is 0 Å². The number of anilines is 3. The number of para-hydroxylation sites is 2. The third-order valence-electron chi connectivity index (χ3n) is 5.13. The van der Waals surface area contributed by atoms with Gasteiger partial charge in [-0.3, -0.25) is 14.2 Å². The summed E-state index contributed by atoms with van der Waals surface area (Å²) in [4.78, 5) is 11.4. The number of hydrogen-bond acceptors (Lipinski definition) is 6. The van der Waals surface area contributed by atoms with Gasteiger partial charge in [0.05, 0.1) is 34.7 Å². The van der Waals surface area contributed by atoms with Gasteiger partial charge in [0.15, 0.2) is 0 Å². The fraction of sp³-hybridized carbons (Fsp3) is 0.136. The van der Waals surface area contributed by atoms with Crippen LogP contribution in [0.4, 0.5) is 17.1 Å². The summed E-state index contributed by atoms with van der Waals surface area (Å²) in [5.74, 6) is 0.141. The highest BCUT2D eigenvalue weighted by atomic mass is 32.2. The fourth-order valence-corrected chi connectivity index (χ4v) is 5.66. The number of aryl methyl sites for hydroxylation is 1. The number of methoxy groups -OCH3 is 1. The van der Waals surface area contributed by atoms with Crippen LogP contribution in [0.15, 0.2) is 70.5 Å². The minimum absolute atomic E-state index is 0.0300. The van der Waals surface area contributed by atoms with E-state index in [0.717, 1.165) is 0 Å². The summed E-state index contributed by atoms with van der Waals surface area (Å²) >= 11 is 0. The molecule has 0 saturated heterocycles. The molecule has 11 heteroatoms. The summed E-state index contributed by atoms with van der Waals surface area (Å²) in [7, 11) is -6.63. The quantitative estimate of drug-likeness (QED) is 0.469. The zero-order valence-corrected chi connectivity index (χ0v) is 19.4. The number of benzene rings is 3. The lowest BCUT2D eigenvalue weighted by Gasteiger charge is -2.15. The molecule has 0 fully saturated rings. The van der Waals surface area contributed by atoms with E-state index >= 15 is 0 Å². The van der Waals surface area contributed by atoms with Crippen LogP contribution in [-0.2, 0) is 31.3 Å². The molecule has 3 aromatic carbocycles. The number of sulfonamides is 2. The molecule has 0 radical (unpaired) electrons. The maximum absolute atomic E-state index is 13.0. The van der Waals surface area contributed by atoms with Crippen molar-refractivity contribution in [1.29, 1.82) is 0 Å². The van der Waals surface area contributed by atoms with Gasteiger partial charge in [-0.2, -0.15) is 0 Å². The van der Waals surface area contributed by atoms with Gasteiger partial charge < -0.3 is 10.1 Å². The minimum Gasteiger partial charge on any atom is -0.495 e. The summed E-state index contributed by atoms with van der Waals surface area (Å²) in [6.45, 7) is 1.66. The first-order valence-electron chi connectivity index (χ1n) is 9.81. The molecule has 33 heavy (non-hydrogen) atoms. The van der Waals surface area contributed by atoms with Gasteiger partial charge >= 0.3 is 0 Å². The summed E-state index contributed by atoms with van der Waals surface area (Å²) in [6.07, 6.45) is 0.0973. The SMILES string of the molecule is COc1ccccc1NS(=O)(=O)c1ccc(C)c(NS(=O)(=O)c2ccc3c(c2)CC(=O)N3)c1. The van der Waals surface area contributed by atoms with Crippen molar-refractivity contribution in [2.45, 2.75) is 23.1 Å². The van der Waals surface area contributed by atoms with Crippen LogP contribution in [0.1, 0.15) is 11.1 Å². The second-order valence-corrected chi connectivity index (χ2v) is 10.8. The predicted molar refractivity (Wildman–Crippen MR) is 125 cm³/mol. The first kappa shape index (κ1) is 22.6. The molecule has 0 unspecified atom stereocenters. The summed E-state index contributed by atoms with van der Waals surface area (Å²) in [6, 6.07) is 15.0. The molecule has 9 nitrogen and oxygen atoms in total. The second-order valence-electron chi connectivity index (χ2n) is 7.43. The largest absolute Gasteiger partial charge is 0.495 e. The summed E-state index contributed by atoms with van der Waals surface area (Å²) in [5.41, 5.74) is 2.06. The van der Waals surface area contributed by atoms with Gasteiger partial charge in [0, 0.05) is 5.69 Å². The minimum atomic E-state index is -4.03.